The Balaban J connectivity index is 2.12. The summed E-state index contributed by atoms with van der Waals surface area (Å²) in [7, 11) is 0. The molecular formula is C12H25NO2. The molecule has 0 spiro atoms. The molecule has 15 heavy (non-hydrogen) atoms. The first-order chi connectivity index (χ1) is 7.26. The van der Waals surface area contributed by atoms with Crippen LogP contribution in [0.25, 0.3) is 0 Å². The van der Waals surface area contributed by atoms with E-state index in [-0.39, 0.29) is 6.10 Å². The Morgan fingerprint density at radius 3 is 2.80 bits per heavy atom. The molecular weight excluding hydrogens is 190 g/mol. The summed E-state index contributed by atoms with van der Waals surface area (Å²) in [6, 6.07) is 0.666. The van der Waals surface area contributed by atoms with Crippen molar-refractivity contribution in [3.05, 3.63) is 0 Å². The second kappa shape index (κ2) is 7.20. The Bertz CT molecular complexity index is 164. The lowest BCUT2D eigenvalue weighted by Crippen LogP contribution is -2.28. The summed E-state index contributed by atoms with van der Waals surface area (Å²) in [5.41, 5.74) is 0. The number of rotatable bonds is 7. The van der Waals surface area contributed by atoms with E-state index in [1.54, 1.807) is 0 Å². The van der Waals surface area contributed by atoms with Crippen molar-refractivity contribution in [2.45, 2.75) is 58.3 Å². The quantitative estimate of drug-likeness (QED) is 0.704. The molecule has 90 valence electrons. The first-order valence-corrected chi connectivity index (χ1v) is 6.22. The Morgan fingerprint density at radius 1 is 1.33 bits per heavy atom. The topological polar surface area (TPSA) is 30.5 Å². The van der Waals surface area contributed by atoms with Crippen LogP contribution in [0.4, 0.5) is 0 Å². The molecule has 1 N–H and O–H groups in total. The molecule has 0 amide bonds. The summed E-state index contributed by atoms with van der Waals surface area (Å²) < 4.78 is 11.3. The minimum Gasteiger partial charge on any atom is -0.379 e. The van der Waals surface area contributed by atoms with Crippen LogP contribution in [0.1, 0.15) is 40.0 Å². The van der Waals surface area contributed by atoms with Gasteiger partial charge in [0, 0.05) is 12.6 Å². The van der Waals surface area contributed by atoms with Crippen molar-refractivity contribution in [2.24, 2.45) is 0 Å². The Hall–Kier alpha value is -0.120. The second-order valence-electron chi connectivity index (χ2n) is 4.30. The van der Waals surface area contributed by atoms with Gasteiger partial charge >= 0.3 is 0 Å². The van der Waals surface area contributed by atoms with Crippen LogP contribution in [0, 0.1) is 0 Å². The maximum absolute atomic E-state index is 5.92. The maximum atomic E-state index is 5.92. The normalized spacial score (nSPS) is 28.2. The van der Waals surface area contributed by atoms with Gasteiger partial charge in [0.05, 0.1) is 18.8 Å². The molecule has 0 heterocycles. The summed E-state index contributed by atoms with van der Waals surface area (Å²) in [5.74, 6) is 0. The average Bonchev–Trinajstić information content (AvgIpc) is 2.63. The van der Waals surface area contributed by atoms with Gasteiger partial charge in [-0.25, -0.2) is 0 Å². The third-order valence-electron chi connectivity index (χ3n) is 2.86. The minimum atomic E-state index is 0.232. The van der Waals surface area contributed by atoms with Gasteiger partial charge in [-0.2, -0.15) is 0 Å². The molecule has 1 aliphatic carbocycles. The Labute approximate surface area is 93.5 Å². The smallest absolute Gasteiger partial charge is 0.0784 e. The fraction of sp³-hybridized carbons (Fsp3) is 1.00. The van der Waals surface area contributed by atoms with Crippen LogP contribution in [0.2, 0.25) is 0 Å². The largest absolute Gasteiger partial charge is 0.379 e. The maximum Gasteiger partial charge on any atom is 0.0784 e. The first-order valence-electron chi connectivity index (χ1n) is 6.22. The van der Waals surface area contributed by atoms with E-state index in [1.807, 2.05) is 6.92 Å². The zero-order chi connectivity index (χ0) is 11.1. The molecule has 0 radical (unpaired) electrons. The molecule has 3 unspecified atom stereocenters. The predicted molar refractivity (Wildman–Crippen MR) is 62.1 cm³/mol. The molecule has 0 aliphatic heterocycles. The number of hydrogen-bond acceptors (Lipinski definition) is 3. The van der Waals surface area contributed by atoms with Crippen LogP contribution in [0.15, 0.2) is 0 Å². The summed E-state index contributed by atoms with van der Waals surface area (Å²) in [4.78, 5) is 0. The zero-order valence-electron chi connectivity index (χ0n) is 10.3. The van der Waals surface area contributed by atoms with Gasteiger partial charge in [0.2, 0.25) is 0 Å². The SMILES string of the molecule is CCNC1CCC(OC(C)COCC)C1. The molecule has 3 heteroatoms. The Kier molecular flexibility index (Phi) is 6.22. The molecule has 1 aliphatic rings. The van der Waals surface area contributed by atoms with Gasteiger partial charge in [0.15, 0.2) is 0 Å². The van der Waals surface area contributed by atoms with Crippen molar-refractivity contribution in [3.8, 4) is 0 Å². The van der Waals surface area contributed by atoms with Gasteiger partial charge in [-0.3, -0.25) is 0 Å². The molecule has 1 rings (SSSR count). The van der Waals surface area contributed by atoms with E-state index < -0.39 is 0 Å². The van der Waals surface area contributed by atoms with Gasteiger partial charge in [-0.1, -0.05) is 6.92 Å². The molecule has 0 aromatic rings. The van der Waals surface area contributed by atoms with E-state index >= 15 is 0 Å². The van der Waals surface area contributed by atoms with Crippen molar-refractivity contribution < 1.29 is 9.47 Å². The lowest BCUT2D eigenvalue weighted by atomic mass is 10.2. The molecule has 0 aromatic heterocycles. The van der Waals surface area contributed by atoms with Crippen LogP contribution in [0.3, 0.4) is 0 Å². The highest BCUT2D eigenvalue weighted by Gasteiger charge is 2.25. The highest BCUT2D eigenvalue weighted by molar-refractivity contribution is 4.81. The summed E-state index contributed by atoms with van der Waals surface area (Å²) >= 11 is 0. The van der Waals surface area contributed by atoms with Gasteiger partial charge < -0.3 is 14.8 Å². The van der Waals surface area contributed by atoms with Crippen molar-refractivity contribution in [2.75, 3.05) is 19.8 Å². The first kappa shape index (κ1) is 12.9. The standard InChI is InChI=1S/C12H25NO2/c1-4-13-11-6-7-12(8-11)15-10(3)9-14-5-2/h10-13H,4-9H2,1-3H3. The van der Waals surface area contributed by atoms with Gasteiger partial charge in [0.1, 0.15) is 0 Å². The predicted octanol–water partition coefficient (Wildman–Crippen LogP) is 1.96. The third-order valence-corrected chi connectivity index (χ3v) is 2.86. The molecule has 1 fully saturated rings. The van der Waals surface area contributed by atoms with E-state index in [0.717, 1.165) is 26.2 Å². The zero-order valence-corrected chi connectivity index (χ0v) is 10.3. The van der Waals surface area contributed by atoms with Crippen LogP contribution in [-0.2, 0) is 9.47 Å². The van der Waals surface area contributed by atoms with Crippen molar-refractivity contribution in [1.82, 2.24) is 5.32 Å². The van der Waals surface area contributed by atoms with E-state index in [0.29, 0.717) is 12.1 Å². The van der Waals surface area contributed by atoms with Gasteiger partial charge in [-0.05, 0) is 39.7 Å². The number of ether oxygens (including phenoxy) is 2. The Morgan fingerprint density at radius 2 is 2.13 bits per heavy atom. The highest BCUT2D eigenvalue weighted by Crippen LogP contribution is 2.23. The minimum absolute atomic E-state index is 0.232. The lowest BCUT2D eigenvalue weighted by Gasteiger charge is -2.18. The van der Waals surface area contributed by atoms with E-state index in [2.05, 4.69) is 19.2 Å². The molecule has 0 bridgehead atoms. The van der Waals surface area contributed by atoms with E-state index in [9.17, 15) is 0 Å². The van der Waals surface area contributed by atoms with Crippen molar-refractivity contribution in [3.63, 3.8) is 0 Å². The van der Waals surface area contributed by atoms with Crippen LogP contribution in [-0.4, -0.2) is 38.0 Å². The second-order valence-corrected chi connectivity index (χ2v) is 4.30. The molecule has 1 saturated carbocycles. The van der Waals surface area contributed by atoms with Gasteiger partial charge in [0.25, 0.3) is 0 Å². The van der Waals surface area contributed by atoms with E-state index in [1.165, 1.54) is 12.8 Å². The summed E-state index contributed by atoms with van der Waals surface area (Å²) in [6.07, 6.45) is 4.26. The summed E-state index contributed by atoms with van der Waals surface area (Å²) in [6.45, 7) is 8.83. The fourth-order valence-corrected chi connectivity index (χ4v) is 2.19. The number of hydrogen-bond donors (Lipinski definition) is 1. The molecule has 0 aromatic carbocycles. The lowest BCUT2D eigenvalue weighted by molar-refractivity contribution is -0.0438. The molecule has 0 saturated heterocycles. The summed E-state index contributed by atoms with van der Waals surface area (Å²) in [5, 5.41) is 3.48. The van der Waals surface area contributed by atoms with E-state index in [4.69, 9.17) is 9.47 Å². The van der Waals surface area contributed by atoms with Crippen LogP contribution in [0.5, 0.6) is 0 Å². The van der Waals surface area contributed by atoms with Crippen LogP contribution < -0.4 is 5.32 Å². The average molecular weight is 215 g/mol. The van der Waals surface area contributed by atoms with Gasteiger partial charge in [-0.15, -0.1) is 0 Å². The molecule has 3 nitrogen and oxygen atoms in total. The van der Waals surface area contributed by atoms with Crippen molar-refractivity contribution >= 4 is 0 Å². The van der Waals surface area contributed by atoms with Crippen LogP contribution >= 0.6 is 0 Å². The monoisotopic (exact) mass is 215 g/mol. The fourth-order valence-electron chi connectivity index (χ4n) is 2.19. The third kappa shape index (κ3) is 4.96. The highest BCUT2D eigenvalue weighted by atomic mass is 16.5. The van der Waals surface area contributed by atoms with Crippen molar-refractivity contribution in [1.29, 1.82) is 0 Å². The number of nitrogens with one attached hydrogen (secondary N) is 1. The molecule has 3 atom stereocenters.